The Hall–Kier alpha value is -2.96. The number of nitrogens with one attached hydrogen (secondary N) is 1. The van der Waals surface area contributed by atoms with E-state index in [1.54, 1.807) is 6.08 Å². The first kappa shape index (κ1) is 55.0. The molecule has 3 unspecified atom stereocenters. The Morgan fingerprint density at radius 1 is 0.534 bits per heavy atom. The molecule has 0 aromatic rings. The van der Waals surface area contributed by atoms with Crippen LogP contribution in [0, 0.1) is 0 Å². The number of esters is 1. The molecule has 58 heavy (non-hydrogen) atoms. The van der Waals surface area contributed by atoms with E-state index in [0.29, 0.717) is 19.3 Å². The van der Waals surface area contributed by atoms with Crippen molar-refractivity contribution < 1.29 is 24.5 Å². The third-order valence-electron chi connectivity index (χ3n) is 10.2. The van der Waals surface area contributed by atoms with Crippen molar-refractivity contribution in [3.8, 4) is 0 Å². The van der Waals surface area contributed by atoms with Crippen molar-refractivity contribution in [3.63, 3.8) is 0 Å². The van der Waals surface area contributed by atoms with Gasteiger partial charge < -0.3 is 20.3 Å². The number of carbonyl (C=O) groups is 2. The highest BCUT2D eigenvalue weighted by Crippen LogP contribution is 2.15. The molecule has 332 valence electrons. The number of aliphatic hydroxyl groups excluding tert-OH is 2. The van der Waals surface area contributed by atoms with Gasteiger partial charge in [-0.05, 0) is 76.7 Å². The molecule has 3 atom stereocenters. The minimum Gasteiger partial charge on any atom is -0.458 e. The summed E-state index contributed by atoms with van der Waals surface area (Å²) in [4.78, 5) is 26.0. The van der Waals surface area contributed by atoms with Gasteiger partial charge in [-0.1, -0.05) is 202 Å². The lowest BCUT2D eigenvalue weighted by Gasteiger charge is -2.23. The highest BCUT2D eigenvalue weighted by molar-refractivity contribution is 5.78. The topological polar surface area (TPSA) is 95.9 Å². The zero-order valence-corrected chi connectivity index (χ0v) is 37.6. The summed E-state index contributed by atoms with van der Waals surface area (Å²) < 4.78 is 5.80. The lowest BCUT2D eigenvalue weighted by Crippen LogP contribution is -2.46. The number of ether oxygens (including phenoxy) is 1. The van der Waals surface area contributed by atoms with Crippen LogP contribution in [0.25, 0.3) is 0 Å². The number of amides is 1. The Morgan fingerprint density at radius 3 is 1.47 bits per heavy atom. The van der Waals surface area contributed by atoms with Crippen molar-refractivity contribution >= 4 is 11.9 Å². The van der Waals surface area contributed by atoms with Gasteiger partial charge in [0.1, 0.15) is 6.10 Å². The molecule has 0 fully saturated rings. The summed E-state index contributed by atoms with van der Waals surface area (Å²) in [6, 6.07) is -0.746. The van der Waals surface area contributed by atoms with Crippen LogP contribution in [-0.4, -0.2) is 46.9 Å². The van der Waals surface area contributed by atoms with Gasteiger partial charge >= 0.3 is 5.97 Å². The molecule has 0 spiro atoms. The van der Waals surface area contributed by atoms with Crippen molar-refractivity contribution in [2.45, 2.75) is 225 Å². The summed E-state index contributed by atoms with van der Waals surface area (Å²) in [7, 11) is 0. The summed E-state index contributed by atoms with van der Waals surface area (Å²) in [6.07, 6.45) is 58.1. The Balaban J connectivity index is 4.78. The molecule has 0 radical (unpaired) electrons. The van der Waals surface area contributed by atoms with Crippen molar-refractivity contribution in [2.24, 2.45) is 0 Å². The predicted molar refractivity (Wildman–Crippen MR) is 250 cm³/mol. The van der Waals surface area contributed by atoms with E-state index in [2.05, 4.69) is 99.0 Å². The predicted octanol–water partition coefficient (Wildman–Crippen LogP) is 14.0. The van der Waals surface area contributed by atoms with E-state index < -0.39 is 18.2 Å². The standard InChI is InChI=1S/C52H89NO5/c1-4-7-10-13-16-19-22-24-26-29-31-34-37-40-43-48(58-52(57)45-42-39-36-33-30-27-25-23-20-17-14-11-8-5-2)46-51(56)53-49(47-54)50(55)44-41-38-35-32-28-21-18-15-12-9-6-3/h7-8,10-11,16-17,19-20,24,26,31,34,40,43,48-50,54-55H,4-6,9,12-15,18,21-23,25,27-30,32-33,35-39,41-42,44-47H2,1-3H3,(H,53,56)/b10-7+,11-8+,19-16+,20-17+,26-24+,34-31+,43-40+. The molecule has 6 heteroatoms. The fraction of sp³-hybridized carbons (Fsp3) is 0.692. The number of rotatable bonds is 41. The summed E-state index contributed by atoms with van der Waals surface area (Å²) in [5.41, 5.74) is 0. The minimum atomic E-state index is -0.822. The second-order valence-corrected chi connectivity index (χ2v) is 15.7. The third kappa shape index (κ3) is 39.8. The van der Waals surface area contributed by atoms with Crippen LogP contribution in [0.5, 0.6) is 0 Å². The first-order valence-electron chi connectivity index (χ1n) is 23.8. The summed E-state index contributed by atoms with van der Waals surface area (Å²) in [5.74, 6) is -0.645. The number of hydrogen-bond donors (Lipinski definition) is 3. The average molecular weight is 808 g/mol. The second kappa shape index (κ2) is 45.1. The fourth-order valence-electron chi connectivity index (χ4n) is 6.66. The highest BCUT2D eigenvalue weighted by Gasteiger charge is 2.23. The van der Waals surface area contributed by atoms with Crippen LogP contribution in [0.2, 0.25) is 0 Å². The molecule has 0 bridgehead atoms. The van der Waals surface area contributed by atoms with E-state index >= 15 is 0 Å². The van der Waals surface area contributed by atoms with Crippen LogP contribution >= 0.6 is 0 Å². The van der Waals surface area contributed by atoms with E-state index in [4.69, 9.17) is 4.74 Å². The summed E-state index contributed by atoms with van der Waals surface area (Å²) in [5, 5.41) is 23.6. The fourth-order valence-corrected chi connectivity index (χ4v) is 6.66. The largest absolute Gasteiger partial charge is 0.458 e. The smallest absolute Gasteiger partial charge is 0.306 e. The molecule has 0 aromatic heterocycles. The molecule has 0 aliphatic heterocycles. The van der Waals surface area contributed by atoms with Crippen molar-refractivity contribution in [1.29, 1.82) is 0 Å². The van der Waals surface area contributed by atoms with Crippen LogP contribution < -0.4 is 5.32 Å². The van der Waals surface area contributed by atoms with Gasteiger partial charge in [0.15, 0.2) is 0 Å². The lowest BCUT2D eigenvalue weighted by molar-refractivity contribution is -0.148. The number of unbranched alkanes of at least 4 members (excludes halogenated alkanes) is 17. The van der Waals surface area contributed by atoms with Crippen molar-refractivity contribution in [2.75, 3.05) is 6.61 Å². The summed E-state index contributed by atoms with van der Waals surface area (Å²) >= 11 is 0. The maximum atomic E-state index is 13.1. The van der Waals surface area contributed by atoms with Crippen LogP contribution in [-0.2, 0) is 14.3 Å². The maximum Gasteiger partial charge on any atom is 0.306 e. The van der Waals surface area contributed by atoms with Crippen LogP contribution in [0.3, 0.4) is 0 Å². The Bertz CT molecular complexity index is 1130. The van der Waals surface area contributed by atoms with Crippen LogP contribution in [0.4, 0.5) is 0 Å². The molecule has 3 N–H and O–H groups in total. The molecular weight excluding hydrogens is 719 g/mol. The average Bonchev–Trinajstić information content (AvgIpc) is 3.22. The lowest BCUT2D eigenvalue weighted by atomic mass is 10.0. The van der Waals surface area contributed by atoms with E-state index in [9.17, 15) is 19.8 Å². The van der Waals surface area contributed by atoms with E-state index in [1.165, 1.54) is 77.0 Å². The Kier molecular flexibility index (Phi) is 42.8. The number of hydrogen-bond acceptors (Lipinski definition) is 5. The molecule has 0 aliphatic rings. The SMILES string of the molecule is CC/C=C/C/C=C/C/C=C/C/C=C/C/C=C/C(CC(=O)NC(CO)C(O)CCCCCCCCCCCCC)OC(=O)CCCCCCCCC/C=C/C/C=C/CC. The minimum absolute atomic E-state index is 0.0528. The zero-order chi connectivity index (χ0) is 42.4. The van der Waals surface area contributed by atoms with Gasteiger partial charge in [0, 0.05) is 6.42 Å². The maximum absolute atomic E-state index is 13.1. The van der Waals surface area contributed by atoms with Gasteiger partial charge in [0.2, 0.25) is 5.91 Å². The molecule has 6 nitrogen and oxygen atoms in total. The van der Waals surface area contributed by atoms with Crippen LogP contribution in [0.15, 0.2) is 85.1 Å². The first-order valence-corrected chi connectivity index (χ1v) is 23.8. The summed E-state index contributed by atoms with van der Waals surface area (Å²) in [6.45, 7) is 6.20. The van der Waals surface area contributed by atoms with E-state index in [-0.39, 0.29) is 24.9 Å². The quantitative estimate of drug-likeness (QED) is 0.0325. The molecule has 0 saturated carbocycles. The molecule has 0 heterocycles. The Morgan fingerprint density at radius 2 is 0.966 bits per heavy atom. The monoisotopic (exact) mass is 808 g/mol. The first-order chi connectivity index (χ1) is 28.5. The zero-order valence-electron chi connectivity index (χ0n) is 37.6. The van der Waals surface area contributed by atoms with Crippen molar-refractivity contribution in [3.05, 3.63) is 85.1 Å². The Labute approximate surface area is 357 Å². The normalized spacial score (nSPS) is 14.1. The molecule has 0 aromatic carbocycles. The third-order valence-corrected chi connectivity index (χ3v) is 10.2. The van der Waals surface area contributed by atoms with Gasteiger partial charge in [-0.15, -0.1) is 0 Å². The molecular formula is C52H89NO5. The molecule has 1 amide bonds. The van der Waals surface area contributed by atoms with Gasteiger partial charge in [-0.25, -0.2) is 0 Å². The number of aliphatic hydroxyl groups is 2. The molecule has 0 saturated heterocycles. The van der Waals surface area contributed by atoms with Crippen molar-refractivity contribution in [1.82, 2.24) is 5.32 Å². The molecule has 0 rings (SSSR count). The number of carbonyl (C=O) groups excluding carboxylic acids is 2. The van der Waals surface area contributed by atoms with Gasteiger partial charge in [-0.2, -0.15) is 0 Å². The van der Waals surface area contributed by atoms with Gasteiger partial charge in [-0.3, -0.25) is 9.59 Å². The van der Waals surface area contributed by atoms with Crippen LogP contribution in [0.1, 0.15) is 207 Å². The number of allylic oxidation sites excluding steroid dienone is 13. The highest BCUT2D eigenvalue weighted by atomic mass is 16.5. The van der Waals surface area contributed by atoms with Gasteiger partial charge in [0.05, 0.1) is 25.2 Å². The second-order valence-electron chi connectivity index (χ2n) is 15.7. The van der Waals surface area contributed by atoms with E-state index in [0.717, 1.165) is 83.5 Å². The van der Waals surface area contributed by atoms with Gasteiger partial charge in [0.25, 0.3) is 0 Å². The van der Waals surface area contributed by atoms with E-state index in [1.807, 2.05) is 6.08 Å². The molecule has 0 aliphatic carbocycles.